The van der Waals surface area contributed by atoms with E-state index in [-0.39, 0.29) is 30.8 Å². The molecule has 3 amide bonds. The highest BCUT2D eigenvalue weighted by Gasteiger charge is 2.39. The number of piperidine rings is 2. The first-order valence-electron chi connectivity index (χ1n) is 12.0. The molecule has 0 bridgehead atoms. The summed E-state index contributed by atoms with van der Waals surface area (Å²) >= 11 is 0. The predicted octanol–water partition coefficient (Wildman–Crippen LogP) is 3.16. The number of nitrogens with zero attached hydrogens (tertiary/aromatic N) is 2. The number of halogens is 2. The molecule has 0 aromatic heterocycles. The fourth-order valence-electron chi connectivity index (χ4n) is 5.16. The van der Waals surface area contributed by atoms with E-state index in [4.69, 9.17) is 4.74 Å². The Balaban J connectivity index is 1.23. The molecule has 35 heavy (non-hydrogen) atoms. The van der Waals surface area contributed by atoms with E-state index in [9.17, 15) is 23.2 Å². The van der Waals surface area contributed by atoms with Gasteiger partial charge in [-0.1, -0.05) is 12.5 Å². The van der Waals surface area contributed by atoms with Gasteiger partial charge in [0.05, 0.1) is 0 Å². The number of fused-ring (bicyclic) bond motifs is 1. The van der Waals surface area contributed by atoms with Crippen molar-refractivity contribution in [2.75, 3.05) is 13.2 Å². The topological polar surface area (TPSA) is 79.0 Å². The smallest absolute Gasteiger partial charge is 0.255 e. The molecule has 184 valence electrons. The highest BCUT2D eigenvalue weighted by molar-refractivity contribution is 6.05. The summed E-state index contributed by atoms with van der Waals surface area (Å²) < 4.78 is 33.5. The first-order chi connectivity index (χ1) is 16.9. The largest absolute Gasteiger partial charge is 0.492 e. The van der Waals surface area contributed by atoms with Crippen LogP contribution in [0.15, 0.2) is 36.4 Å². The normalized spacial score (nSPS) is 22.8. The van der Waals surface area contributed by atoms with Gasteiger partial charge < -0.3 is 9.64 Å². The Labute approximate surface area is 202 Å². The Bertz CT molecular complexity index is 1170. The summed E-state index contributed by atoms with van der Waals surface area (Å²) in [5.41, 5.74) is 1.78. The number of imide groups is 1. The molecule has 2 aromatic rings. The molecular formula is C26H27F2N3O4. The minimum atomic E-state index is -0.653. The molecule has 2 atom stereocenters. The summed E-state index contributed by atoms with van der Waals surface area (Å²) in [4.78, 5) is 40.2. The van der Waals surface area contributed by atoms with Gasteiger partial charge in [0, 0.05) is 42.7 Å². The monoisotopic (exact) mass is 483 g/mol. The van der Waals surface area contributed by atoms with Gasteiger partial charge in [-0.15, -0.1) is 0 Å². The number of nitrogens with one attached hydrogen (secondary N) is 1. The van der Waals surface area contributed by atoms with E-state index in [0.717, 1.165) is 37.4 Å². The number of hydrogen-bond donors (Lipinski definition) is 1. The summed E-state index contributed by atoms with van der Waals surface area (Å²) in [6.45, 7) is 1.90. The maximum absolute atomic E-state index is 14.2. The van der Waals surface area contributed by atoms with Gasteiger partial charge in [-0.05, 0) is 55.6 Å². The van der Waals surface area contributed by atoms with Crippen LogP contribution in [0.2, 0.25) is 0 Å². The lowest BCUT2D eigenvalue weighted by atomic mass is 10.0. The van der Waals surface area contributed by atoms with Crippen LogP contribution in [0.5, 0.6) is 5.75 Å². The average molecular weight is 484 g/mol. The van der Waals surface area contributed by atoms with Crippen LogP contribution in [0.4, 0.5) is 8.78 Å². The second-order valence-electron chi connectivity index (χ2n) is 9.39. The third kappa shape index (κ3) is 4.91. The minimum absolute atomic E-state index is 0.0862. The first kappa shape index (κ1) is 23.4. The number of likely N-dealkylation sites (tertiary alicyclic amines) is 1. The van der Waals surface area contributed by atoms with Crippen molar-refractivity contribution in [3.63, 3.8) is 0 Å². The highest BCUT2D eigenvalue weighted by Crippen LogP contribution is 2.31. The van der Waals surface area contributed by atoms with Crippen LogP contribution in [0.3, 0.4) is 0 Å². The van der Waals surface area contributed by atoms with Gasteiger partial charge in [-0.25, -0.2) is 8.78 Å². The van der Waals surface area contributed by atoms with Crippen molar-refractivity contribution in [2.24, 2.45) is 0 Å². The molecule has 0 radical (unpaired) electrons. The molecule has 5 rings (SSSR count). The average Bonchev–Trinajstić information content (AvgIpc) is 3.15. The molecule has 0 saturated carbocycles. The van der Waals surface area contributed by atoms with Gasteiger partial charge in [0.1, 0.15) is 30.0 Å². The van der Waals surface area contributed by atoms with Crippen molar-refractivity contribution >= 4 is 17.7 Å². The van der Waals surface area contributed by atoms with Crippen molar-refractivity contribution in [1.82, 2.24) is 15.1 Å². The lowest BCUT2D eigenvalue weighted by Crippen LogP contribution is -2.52. The lowest BCUT2D eigenvalue weighted by Gasteiger charge is -2.35. The molecule has 1 N–H and O–H groups in total. The second-order valence-corrected chi connectivity index (χ2v) is 9.39. The van der Waals surface area contributed by atoms with Crippen LogP contribution >= 0.6 is 0 Å². The number of amides is 3. The summed E-state index contributed by atoms with van der Waals surface area (Å²) in [5.74, 6) is -1.48. The van der Waals surface area contributed by atoms with Crippen molar-refractivity contribution in [1.29, 1.82) is 0 Å². The van der Waals surface area contributed by atoms with Crippen LogP contribution in [0.25, 0.3) is 0 Å². The lowest BCUT2D eigenvalue weighted by molar-refractivity contribution is -0.136. The van der Waals surface area contributed by atoms with Gasteiger partial charge in [0.15, 0.2) is 0 Å². The molecule has 0 spiro atoms. The summed E-state index contributed by atoms with van der Waals surface area (Å²) in [6, 6.07) is 8.40. The fourth-order valence-corrected chi connectivity index (χ4v) is 5.16. The molecule has 3 aliphatic rings. The van der Waals surface area contributed by atoms with Gasteiger partial charge in [0.25, 0.3) is 5.91 Å². The van der Waals surface area contributed by atoms with Gasteiger partial charge >= 0.3 is 0 Å². The molecule has 7 nitrogen and oxygen atoms in total. The molecule has 0 aliphatic carbocycles. The molecule has 3 heterocycles. The van der Waals surface area contributed by atoms with Crippen LogP contribution in [-0.4, -0.2) is 52.8 Å². The molecular weight excluding hydrogens is 456 g/mol. The zero-order chi connectivity index (χ0) is 24.5. The second kappa shape index (κ2) is 9.73. The molecule has 9 heteroatoms. The van der Waals surface area contributed by atoms with Crippen molar-refractivity contribution in [2.45, 2.75) is 57.3 Å². The Morgan fingerprint density at radius 1 is 1.03 bits per heavy atom. The van der Waals surface area contributed by atoms with Crippen LogP contribution in [0, 0.1) is 11.6 Å². The number of hydrogen-bond acceptors (Lipinski definition) is 5. The van der Waals surface area contributed by atoms with Crippen molar-refractivity contribution in [3.8, 4) is 5.75 Å². The first-order valence-corrected chi connectivity index (χ1v) is 12.0. The Kier molecular flexibility index (Phi) is 6.51. The molecule has 2 fully saturated rings. The Morgan fingerprint density at radius 3 is 2.69 bits per heavy atom. The minimum Gasteiger partial charge on any atom is -0.492 e. The summed E-state index contributed by atoms with van der Waals surface area (Å²) in [5, 5.41) is 2.31. The van der Waals surface area contributed by atoms with E-state index >= 15 is 0 Å². The van der Waals surface area contributed by atoms with E-state index in [1.54, 1.807) is 12.1 Å². The van der Waals surface area contributed by atoms with E-state index in [1.165, 1.54) is 17.0 Å². The van der Waals surface area contributed by atoms with Crippen LogP contribution < -0.4 is 10.1 Å². The number of ether oxygens (including phenoxy) is 1. The third-order valence-corrected chi connectivity index (χ3v) is 7.08. The van der Waals surface area contributed by atoms with Gasteiger partial charge in [-0.3, -0.25) is 24.6 Å². The quantitative estimate of drug-likeness (QED) is 0.639. The van der Waals surface area contributed by atoms with Crippen LogP contribution in [0.1, 0.15) is 53.6 Å². The number of rotatable bonds is 6. The maximum atomic E-state index is 14.2. The fraction of sp³-hybridized carbons (Fsp3) is 0.423. The third-order valence-electron chi connectivity index (χ3n) is 7.08. The number of carbonyl (C=O) groups excluding carboxylic acids is 3. The van der Waals surface area contributed by atoms with E-state index in [1.807, 2.05) is 6.07 Å². The van der Waals surface area contributed by atoms with Gasteiger partial charge in [-0.2, -0.15) is 0 Å². The van der Waals surface area contributed by atoms with Crippen molar-refractivity contribution < 1.29 is 27.9 Å². The standard InChI is InChI=1S/C26H27F2N3O4/c27-18-5-4-16(22(28)12-18)13-30-10-2-1-3-19(30)15-35-20-6-7-21-17(11-20)14-31(26(21)34)23-8-9-24(32)29-25(23)33/h4-7,11-12,19,23H,1-3,8-10,13-15H2,(H,29,32,33). The van der Waals surface area contributed by atoms with E-state index in [0.29, 0.717) is 36.4 Å². The molecule has 3 aliphatic heterocycles. The number of carbonyl (C=O) groups is 3. The van der Waals surface area contributed by atoms with Crippen molar-refractivity contribution in [3.05, 3.63) is 64.7 Å². The molecule has 2 unspecified atom stereocenters. The van der Waals surface area contributed by atoms with Crippen LogP contribution in [-0.2, 0) is 22.7 Å². The van der Waals surface area contributed by atoms with Gasteiger partial charge in [0.2, 0.25) is 11.8 Å². The number of benzene rings is 2. The highest BCUT2D eigenvalue weighted by atomic mass is 19.1. The molecule has 2 saturated heterocycles. The zero-order valence-electron chi connectivity index (χ0n) is 19.3. The summed E-state index contributed by atoms with van der Waals surface area (Å²) in [6.07, 6.45) is 3.51. The zero-order valence-corrected chi connectivity index (χ0v) is 19.3. The van der Waals surface area contributed by atoms with E-state index in [2.05, 4.69) is 10.2 Å². The molecule has 2 aromatic carbocycles. The Hall–Kier alpha value is -3.33. The summed E-state index contributed by atoms with van der Waals surface area (Å²) in [7, 11) is 0. The predicted molar refractivity (Wildman–Crippen MR) is 122 cm³/mol. The maximum Gasteiger partial charge on any atom is 0.255 e. The van der Waals surface area contributed by atoms with E-state index < -0.39 is 23.6 Å². The Morgan fingerprint density at radius 2 is 1.89 bits per heavy atom. The SMILES string of the molecule is O=C1CCC(N2Cc3cc(OCC4CCCCN4Cc4ccc(F)cc4F)ccc3C2=O)C(=O)N1.